The van der Waals surface area contributed by atoms with Gasteiger partial charge >= 0.3 is 0 Å². The Morgan fingerprint density at radius 1 is 1.31 bits per heavy atom. The smallest absolute Gasteiger partial charge is 0.159 e. The summed E-state index contributed by atoms with van der Waals surface area (Å²) in [5.74, 6) is 0.0519. The molecule has 0 bridgehead atoms. The molecule has 0 aliphatic carbocycles. The van der Waals surface area contributed by atoms with Crippen molar-refractivity contribution in [3.8, 4) is 0 Å². The maximum atomic E-state index is 11.3. The van der Waals surface area contributed by atoms with Gasteiger partial charge in [0.1, 0.15) is 0 Å². The van der Waals surface area contributed by atoms with Gasteiger partial charge in [0.15, 0.2) is 5.78 Å². The summed E-state index contributed by atoms with van der Waals surface area (Å²) >= 11 is 6.24. The van der Waals surface area contributed by atoms with Crippen molar-refractivity contribution in [2.75, 3.05) is 18.0 Å². The number of aryl methyl sites for hydroxylation is 1. The third kappa shape index (κ3) is 2.56. The van der Waals surface area contributed by atoms with Crippen molar-refractivity contribution < 1.29 is 4.79 Å². The van der Waals surface area contributed by atoms with Gasteiger partial charge in [0.05, 0.1) is 10.7 Å². The predicted molar refractivity (Wildman–Crippen MR) is 69.8 cm³/mol. The molecule has 0 spiro atoms. The van der Waals surface area contributed by atoms with Gasteiger partial charge in [-0.2, -0.15) is 0 Å². The van der Waals surface area contributed by atoms with Crippen molar-refractivity contribution in [3.05, 3.63) is 28.3 Å². The second kappa shape index (κ2) is 5.35. The highest BCUT2D eigenvalue weighted by atomic mass is 35.5. The number of rotatable bonds is 4. The Hall–Kier alpha value is -1.02. The number of Topliss-reactive ketones (excluding diaryl/α,β-unsaturated/α-hetero) is 1. The van der Waals surface area contributed by atoms with Crippen molar-refractivity contribution in [2.24, 2.45) is 0 Å². The van der Waals surface area contributed by atoms with Gasteiger partial charge in [0.25, 0.3) is 0 Å². The van der Waals surface area contributed by atoms with Gasteiger partial charge in [-0.05, 0) is 45.4 Å². The topological polar surface area (TPSA) is 20.3 Å². The number of hydrogen-bond donors (Lipinski definition) is 0. The SMILES string of the molecule is CCN(CC)c1c(C)cc(C(C)=O)cc1Cl. The van der Waals surface area contributed by atoms with Crippen molar-refractivity contribution in [1.82, 2.24) is 0 Å². The molecule has 16 heavy (non-hydrogen) atoms. The first-order valence-electron chi connectivity index (χ1n) is 5.57. The lowest BCUT2D eigenvalue weighted by molar-refractivity contribution is 0.101. The molecule has 3 heteroatoms. The van der Waals surface area contributed by atoms with Crippen LogP contribution >= 0.6 is 11.6 Å². The van der Waals surface area contributed by atoms with Crippen molar-refractivity contribution >= 4 is 23.1 Å². The Kier molecular flexibility index (Phi) is 4.36. The molecule has 0 amide bonds. The van der Waals surface area contributed by atoms with E-state index < -0.39 is 0 Å². The Morgan fingerprint density at radius 2 is 1.88 bits per heavy atom. The van der Waals surface area contributed by atoms with Gasteiger partial charge < -0.3 is 4.90 Å². The largest absolute Gasteiger partial charge is 0.371 e. The number of hydrogen-bond acceptors (Lipinski definition) is 2. The molecule has 1 rings (SSSR count). The summed E-state index contributed by atoms with van der Waals surface area (Å²) in [4.78, 5) is 13.5. The van der Waals surface area contributed by atoms with E-state index in [-0.39, 0.29) is 5.78 Å². The predicted octanol–water partition coefficient (Wildman–Crippen LogP) is 3.70. The third-order valence-electron chi connectivity index (χ3n) is 2.74. The summed E-state index contributed by atoms with van der Waals surface area (Å²) < 4.78 is 0. The Balaban J connectivity index is 3.26. The van der Waals surface area contributed by atoms with Gasteiger partial charge in [-0.1, -0.05) is 11.6 Å². The van der Waals surface area contributed by atoms with E-state index in [9.17, 15) is 4.79 Å². The van der Waals surface area contributed by atoms with Crippen LogP contribution < -0.4 is 4.90 Å². The summed E-state index contributed by atoms with van der Waals surface area (Å²) in [6.07, 6.45) is 0. The first-order valence-corrected chi connectivity index (χ1v) is 5.95. The molecule has 0 fully saturated rings. The fraction of sp³-hybridized carbons (Fsp3) is 0.462. The van der Waals surface area contributed by atoms with E-state index in [1.807, 2.05) is 13.0 Å². The number of carbonyl (C=O) groups excluding carboxylic acids is 1. The molecule has 88 valence electrons. The zero-order valence-electron chi connectivity index (χ0n) is 10.3. The van der Waals surface area contributed by atoms with Crippen molar-refractivity contribution in [2.45, 2.75) is 27.7 Å². The minimum absolute atomic E-state index is 0.0519. The molecule has 1 aromatic carbocycles. The van der Waals surface area contributed by atoms with Gasteiger partial charge in [0, 0.05) is 18.7 Å². The monoisotopic (exact) mass is 239 g/mol. The number of anilines is 1. The van der Waals surface area contributed by atoms with Crippen LogP contribution in [0, 0.1) is 6.92 Å². The van der Waals surface area contributed by atoms with Crippen molar-refractivity contribution in [3.63, 3.8) is 0 Å². The summed E-state index contributed by atoms with van der Waals surface area (Å²) in [5.41, 5.74) is 2.77. The molecule has 0 saturated carbocycles. The molecule has 0 atom stereocenters. The fourth-order valence-electron chi connectivity index (χ4n) is 1.88. The number of benzene rings is 1. The van der Waals surface area contributed by atoms with Crippen LogP contribution in [0.5, 0.6) is 0 Å². The average Bonchev–Trinajstić information content (AvgIpc) is 2.22. The summed E-state index contributed by atoms with van der Waals surface area (Å²) in [6.45, 7) is 9.57. The first-order chi connectivity index (χ1) is 7.51. The molecule has 0 heterocycles. The highest BCUT2D eigenvalue weighted by molar-refractivity contribution is 6.33. The first kappa shape index (κ1) is 13.0. The standard InChI is InChI=1S/C13H18ClNO/c1-5-15(6-2)13-9(3)7-11(10(4)16)8-12(13)14/h7-8H,5-6H2,1-4H3. The van der Waals surface area contributed by atoms with E-state index in [0.717, 1.165) is 24.3 Å². The molecule has 0 saturated heterocycles. The van der Waals surface area contributed by atoms with Crippen LogP contribution in [0.15, 0.2) is 12.1 Å². The van der Waals surface area contributed by atoms with Gasteiger partial charge in [0.2, 0.25) is 0 Å². The van der Waals surface area contributed by atoms with Crippen LogP contribution in [-0.4, -0.2) is 18.9 Å². The molecule has 0 unspecified atom stereocenters. The van der Waals surface area contributed by atoms with Gasteiger partial charge in [-0.15, -0.1) is 0 Å². The van der Waals surface area contributed by atoms with E-state index in [1.54, 1.807) is 13.0 Å². The maximum Gasteiger partial charge on any atom is 0.159 e. The van der Waals surface area contributed by atoms with Crippen LogP contribution in [0.2, 0.25) is 5.02 Å². The zero-order valence-corrected chi connectivity index (χ0v) is 11.1. The number of halogens is 1. The molecule has 1 aromatic rings. The Bertz CT molecular complexity index is 374. The van der Waals surface area contributed by atoms with E-state index in [2.05, 4.69) is 18.7 Å². The molecular formula is C13H18ClNO. The van der Waals surface area contributed by atoms with Gasteiger partial charge in [-0.25, -0.2) is 0 Å². The Labute approximate surface area is 102 Å². The second-order valence-electron chi connectivity index (χ2n) is 3.85. The quantitative estimate of drug-likeness (QED) is 0.747. The molecule has 0 aliphatic heterocycles. The molecule has 0 aliphatic rings. The third-order valence-corrected chi connectivity index (χ3v) is 3.03. The number of nitrogens with zero attached hydrogens (tertiary/aromatic N) is 1. The molecule has 0 aromatic heterocycles. The average molecular weight is 240 g/mol. The fourth-order valence-corrected chi connectivity index (χ4v) is 2.27. The minimum Gasteiger partial charge on any atom is -0.371 e. The van der Waals surface area contributed by atoms with E-state index in [0.29, 0.717) is 10.6 Å². The molecule has 0 N–H and O–H groups in total. The highest BCUT2D eigenvalue weighted by Crippen LogP contribution is 2.31. The number of ketones is 1. The van der Waals surface area contributed by atoms with Crippen LogP contribution in [-0.2, 0) is 0 Å². The van der Waals surface area contributed by atoms with Crippen LogP contribution in [0.25, 0.3) is 0 Å². The zero-order chi connectivity index (χ0) is 12.3. The second-order valence-corrected chi connectivity index (χ2v) is 4.26. The lowest BCUT2D eigenvalue weighted by Crippen LogP contribution is -2.23. The van der Waals surface area contributed by atoms with Crippen molar-refractivity contribution in [1.29, 1.82) is 0 Å². The summed E-state index contributed by atoms with van der Waals surface area (Å²) in [7, 11) is 0. The molecular weight excluding hydrogens is 222 g/mol. The van der Waals surface area contributed by atoms with Crippen LogP contribution in [0.3, 0.4) is 0 Å². The highest BCUT2D eigenvalue weighted by Gasteiger charge is 2.13. The van der Waals surface area contributed by atoms with E-state index in [1.165, 1.54) is 0 Å². The number of carbonyl (C=O) groups is 1. The van der Waals surface area contributed by atoms with Gasteiger partial charge in [-0.3, -0.25) is 4.79 Å². The minimum atomic E-state index is 0.0519. The Morgan fingerprint density at radius 3 is 2.25 bits per heavy atom. The lowest BCUT2D eigenvalue weighted by Gasteiger charge is -2.24. The van der Waals surface area contributed by atoms with Crippen LogP contribution in [0.4, 0.5) is 5.69 Å². The lowest BCUT2D eigenvalue weighted by atomic mass is 10.1. The maximum absolute atomic E-state index is 11.3. The van der Waals surface area contributed by atoms with Crippen LogP contribution in [0.1, 0.15) is 36.7 Å². The van der Waals surface area contributed by atoms with E-state index in [4.69, 9.17) is 11.6 Å². The summed E-state index contributed by atoms with van der Waals surface area (Å²) in [6, 6.07) is 3.66. The normalized spacial score (nSPS) is 10.3. The summed E-state index contributed by atoms with van der Waals surface area (Å²) in [5, 5.41) is 0.661. The molecule has 0 radical (unpaired) electrons. The molecule has 2 nitrogen and oxygen atoms in total. The van der Waals surface area contributed by atoms with E-state index >= 15 is 0 Å².